The number of rotatable bonds is 6. The predicted molar refractivity (Wildman–Crippen MR) is 119 cm³/mol. The Hall–Kier alpha value is -3.86. The van der Waals surface area contributed by atoms with Crippen LogP contribution >= 0.6 is 0 Å². The Labute approximate surface area is 175 Å². The summed E-state index contributed by atoms with van der Waals surface area (Å²) in [6.45, 7) is 2.29. The Morgan fingerprint density at radius 3 is 2.33 bits per heavy atom. The maximum Gasteiger partial charge on any atom is 0.280 e. The van der Waals surface area contributed by atoms with Crippen molar-refractivity contribution in [2.24, 2.45) is 5.10 Å². The molecule has 0 saturated heterocycles. The second kappa shape index (κ2) is 8.66. The standard InChI is InChI=1S/C25H22N2O3/c1-18-22(25(28)27(26-18)21-11-7-4-8-12-21)15-20-13-14-23(24(16-20)29-2)30-17-19-9-5-3-6-10-19/h3-16H,17H2,1-2H3. The lowest BCUT2D eigenvalue weighted by molar-refractivity contribution is -0.114. The molecule has 30 heavy (non-hydrogen) atoms. The van der Waals surface area contributed by atoms with Gasteiger partial charge in [-0.3, -0.25) is 4.79 Å². The van der Waals surface area contributed by atoms with Gasteiger partial charge in [0.1, 0.15) is 6.61 Å². The molecule has 1 aliphatic heterocycles. The molecule has 0 aliphatic carbocycles. The van der Waals surface area contributed by atoms with E-state index in [1.54, 1.807) is 7.11 Å². The van der Waals surface area contributed by atoms with E-state index >= 15 is 0 Å². The Morgan fingerprint density at radius 2 is 1.63 bits per heavy atom. The number of hydrogen-bond acceptors (Lipinski definition) is 4. The molecule has 5 heteroatoms. The van der Waals surface area contributed by atoms with Crippen molar-refractivity contribution in [2.45, 2.75) is 13.5 Å². The van der Waals surface area contributed by atoms with Crippen LogP contribution in [0.15, 0.2) is 89.5 Å². The molecule has 0 aromatic heterocycles. The number of anilines is 1. The molecule has 0 bridgehead atoms. The van der Waals surface area contributed by atoms with Crippen molar-refractivity contribution >= 4 is 23.4 Å². The first-order valence-electron chi connectivity index (χ1n) is 9.67. The molecular formula is C25H22N2O3. The van der Waals surface area contributed by atoms with Crippen LogP contribution in [0.2, 0.25) is 0 Å². The van der Waals surface area contributed by atoms with Crippen molar-refractivity contribution in [3.05, 3.63) is 95.6 Å². The fourth-order valence-corrected chi connectivity index (χ4v) is 3.22. The largest absolute Gasteiger partial charge is 0.493 e. The van der Waals surface area contributed by atoms with E-state index < -0.39 is 0 Å². The number of para-hydroxylation sites is 1. The second-order valence-corrected chi connectivity index (χ2v) is 6.88. The highest BCUT2D eigenvalue weighted by molar-refractivity contribution is 6.32. The van der Waals surface area contributed by atoms with Gasteiger partial charge in [-0.25, -0.2) is 0 Å². The molecule has 3 aromatic rings. The van der Waals surface area contributed by atoms with Crippen molar-refractivity contribution in [2.75, 3.05) is 12.1 Å². The number of amides is 1. The number of benzene rings is 3. The lowest BCUT2D eigenvalue weighted by atomic mass is 10.1. The monoisotopic (exact) mass is 398 g/mol. The summed E-state index contributed by atoms with van der Waals surface area (Å²) in [7, 11) is 1.60. The van der Waals surface area contributed by atoms with E-state index in [0.717, 1.165) is 16.8 Å². The summed E-state index contributed by atoms with van der Waals surface area (Å²) in [5, 5.41) is 5.84. The molecule has 0 radical (unpaired) electrons. The third-order valence-electron chi connectivity index (χ3n) is 4.80. The molecular weight excluding hydrogens is 376 g/mol. The van der Waals surface area contributed by atoms with Crippen molar-refractivity contribution < 1.29 is 14.3 Å². The highest BCUT2D eigenvalue weighted by Crippen LogP contribution is 2.31. The van der Waals surface area contributed by atoms with Gasteiger partial charge in [0.25, 0.3) is 5.91 Å². The molecule has 150 valence electrons. The molecule has 1 aliphatic rings. The van der Waals surface area contributed by atoms with Crippen LogP contribution in [-0.4, -0.2) is 18.7 Å². The first-order valence-corrected chi connectivity index (χ1v) is 9.67. The molecule has 0 atom stereocenters. The zero-order chi connectivity index (χ0) is 20.9. The molecule has 0 fully saturated rings. The predicted octanol–water partition coefficient (Wildman–Crippen LogP) is 5.08. The van der Waals surface area contributed by atoms with Crippen LogP contribution in [-0.2, 0) is 11.4 Å². The minimum absolute atomic E-state index is 0.151. The summed E-state index contributed by atoms with van der Waals surface area (Å²) in [4.78, 5) is 12.9. The fourth-order valence-electron chi connectivity index (χ4n) is 3.22. The topological polar surface area (TPSA) is 51.1 Å². The van der Waals surface area contributed by atoms with E-state index in [0.29, 0.717) is 29.4 Å². The molecule has 1 heterocycles. The number of carbonyl (C=O) groups excluding carboxylic acids is 1. The van der Waals surface area contributed by atoms with E-state index in [-0.39, 0.29) is 5.91 Å². The van der Waals surface area contributed by atoms with Gasteiger partial charge in [-0.05, 0) is 48.4 Å². The average molecular weight is 398 g/mol. The number of ether oxygens (including phenoxy) is 2. The molecule has 0 spiro atoms. The van der Waals surface area contributed by atoms with Crippen molar-refractivity contribution in [1.82, 2.24) is 0 Å². The summed E-state index contributed by atoms with van der Waals surface area (Å²) in [6.07, 6.45) is 1.83. The smallest absolute Gasteiger partial charge is 0.280 e. The Bertz CT molecular complexity index is 1110. The van der Waals surface area contributed by atoms with Crippen LogP contribution in [0.5, 0.6) is 11.5 Å². The van der Waals surface area contributed by atoms with Gasteiger partial charge in [0.2, 0.25) is 0 Å². The van der Waals surface area contributed by atoms with Gasteiger partial charge in [-0.2, -0.15) is 10.1 Å². The maximum atomic E-state index is 12.9. The minimum atomic E-state index is -0.151. The van der Waals surface area contributed by atoms with E-state index in [1.807, 2.05) is 91.9 Å². The van der Waals surface area contributed by atoms with Crippen LogP contribution in [0.1, 0.15) is 18.1 Å². The van der Waals surface area contributed by atoms with E-state index in [9.17, 15) is 4.79 Å². The average Bonchev–Trinajstić information content (AvgIpc) is 3.07. The van der Waals surface area contributed by atoms with Crippen molar-refractivity contribution in [3.63, 3.8) is 0 Å². The van der Waals surface area contributed by atoms with E-state index in [4.69, 9.17) is 9.47 Å². The number of carbonyl (C=O) groups is 1. The number of hydrogen-bond donors (Lipinski definition) is 0. The van der Waals surface area contributed by atoms with Gasteiger partial charge >= 0.3 is 0 Å². The SMILES string of the molecule is COc1cc(C=C2C(=O)N(c3ccccc3)N=C2C)ccc1OCc1ccccc1. The van der Waals surface area contributed by atoms with Crippen molar-refractivity contribution in [3.8, 4) is 11.5 Å². The molecule has 0 unspecified atom stereocenters. The van der Waals surface area contributed by atoms with Crippen LogP contribution in [0.4, 0.5) is 5.69 Å². The van der Waals surface area contributed by atoms with Gasteiger partial charge in [0.15, 0.2) is 11.5 Å². The zero-order valence-corrected chi connectivity index (χ0v) is 16.9. The third-order valence-corrected chi connectivity index (χ3v) is 4.80. The molecule has 4 rings (SSSR count). The molecule has 0 N–H and O–H groups in total. The lowest BCUT2D eigenvalue weighted by Crippen LogP contribution is -2.21. The normalized spacial score (nSPS) is 14.7. The first kappa shape index (κ1) is 19.5. The van der Waals surface area contributed by atoms with Crippen LogP contribution in [0.25, 0.3) is 6.08 Å². The number of methoxy groups -OCH3 is 1. The quantitative estimate of drug-likeness (QED) is 0.544. The Morgan fingerprint density at radius 1 is 0.933 bits per heavy atom. The van der Waals surface area contributed by atoms with E-state index in [2.05, 4.69) is 5.10 Å². The van der Waals surface area contributed by atoms with Gasteiger partial charge in [-0.1, -0.05) is 54.6 Å². The summed E-state index contributed by atoms with van der Waals surface area (Å²) >= 11 is 0. The third kappa shape index (κ3) is 4.10. The summed E-state index contributed by atoms with van der Waals surface area (Å²) < 4.78 is 11.4. The van der Waals surface area contributed by atoms with Crippen molar-refractivity contribution in [1.29, 1.82) is 0 Å². The van der Waals surface area contributed by atoms with E-state index in [1.165, 1.54) is 5.01 Å². The molecule has 0 saturated carbocycles. The van der Waals surface area contributed by atoms with Gasteiger partial charge in [-0.15, -0.1) is 0 Å². The maximum absolute atomic E-state index is 12.9. The zero-order valence-electron chi connectivity index (χ0n) is 16.9. The second-order valence-electron chi connectivity index (χ2n) is 6.88. The van der Waals surface area contributed by atoms with Crippen LogP contribution in [0.3, 0.4) is 0 Å². The Kier molecular flexibility index (Phi) is 5.61. The first-order chi connectivity index (χ1) is 14.7. The van der Waals surface area contributed by atoms with Crippen LogP contribution < -0.4 is 14.5 Å². The summed E-state index contributed by atoms with van der Waals surface area (Å²) in [6, 6.07) is 25.0. The summed E-state index contributed by atoms with van der Waals surface area (Å²) in [5.41, 5.74) is 3.89. The fraction of sp³-hybridized carbons (Fsp3) is 0.120. The van der Waals surface area contributed by atoms with Gasteiger partial charge in [0.05, 0.1) is 24.1 Å². The van der Waals surface area contributed by atoms with Crippen LogP contribution in [0, 0.1) is 0 Å². The number of hydrazone groups is 1. The lowest BCUT2D eigenvalue weighted by Gasteiger charge is -2.12. The molecule has 5 nitrogen and oxygen atoms in total. The molecule has 3 aromatic carbocycles. The highest BCUT2D eigenvalue weighted by atomic mass is 16.5. The summed E-state index contributed by atoms with van der Waals surface area (Å²) in [5.74, 6) is 1.11. The van der Waals surface area contributed by atoms with Gasteiger partial charge < -0.3 is 9.47 Å². The van der Waals surface area contributed by atoms with Gasteiger partial charge in [0, 0.05) is 0 Å². The highest BCUT2D eigenvalue weighted by Gasteiger charge is 2.28. The Balaban J connectivity index is 1.55. The molecule has 1 amide bonds. The minimum Gasteiger partial charge on any atom is -0.493 e. The number of nitrogens with zero attached hydrogens (tertiary/aromatic N) is 2.